The van der Waals surface area contributed by atoms with E-state index in [0.29, 0.717) is 6.42 Å². The quantitative estimate of drug-likeness (QED) is 0.382. The highest BCUT2D eigenvalue weighted by Gasteiger charge is 2.14. The SMILES string of the molecule is CCc1ccc(C(C)NC(=O)COC(=O)CCc2c(C)nc(SC)nc2C)cc1. The van der Waals surface area contributed by atoms with Crippen LogP contribution in [0.3, 0.4) is 0 Å². The summed E-state index contributed by atoms with van der Waals surface area (Å²) in [6.45, 7) is 7.55. The molecule has 0 aliphatic rings. The molecule has 1 atom stereocenters. The summed E-state index contributed by atoms with van der Waals surface area (Å²) in [5.41, 5.74) is 4.96. The average Bonchev–Trinajstić information content (AvgIpc) is 2.71. The summed E-state index contributed by atoms with van der Waals surface area (Å²) in [7, 11) is 0. The van der Waals surface area contributed by atoms with Crippen molar-refractivity contribution in [3.05, 3.63) is 52.3 Å². The third-order valence-corrected chi connectivity index (χ3v) is 5.34. The number of hydrogen-bond donors (Lipinski definition) is 1. The maximum atomic E-state index is 12.1. The molecule has 6 nitrogen and oxygen atoms in total. The second kappa shape index (κ2) is 11.0. The molecule has 0 bridgehead atoms. The van der Waals surface area contributed by atoms with Gasteiger partial charge in [0.05, 0.1) is 6.04 Å². The van der Waals surface area contributed by atoms with E-state index in [1.54, 1.807) is 0 Å². The van der Waals surface area contributed by atoms with Crippen LogP contribution in [0.5, 0.6) is 0 Å². The van der Waals surface area contributed by atoms with Gasteiger partial charge >= 0.3 is 5.97 Å². The van der Waals surface area contributed by atoms with Crippen molar-refractivity contribution < 1.29 is 14.3 Å². The maximum Gasteiger partial charge on any atom is 0.306 e. The Labute approximate surface area is 176 Å². The fourth-order valence-corrected chi connectivity index (χ4v) is 3.47. The van der Waals surface area contributed by atoms with Crippen molar-refractivity contribution >= 4 is 23.6 Å². The van der Waals surface area contributed by atoms with Crippen LogP contribution in [0, 0.1) is 13.8 Å². The molecule has 7 heteroatoms. The van der Waals surface area contributed by atoms with E-state index in [9.17, 15) is 9.59 Å². The number of carbonyl (C=O) groups is 2. The van der Waals surface area contributed by atoms with Crippen LogP contribution >= 0.6 is 11.8 Å². The number of thioether (sulfide) groups is 1. The number of amides is 1. The van der Waals surface area contributed by atoms with Crippen LogP contribution in [0.25, 0.3) is 0 Å². The van der Waals surface area contributed by atoms with Crippen LogP contribution in [0.1, 0.15) is 54.4 Å². The number of nitrogens with zero attached hydrogens (tertiary/aromatic N) is 2. The monoisotopic (exact) mass is 415 g/mol. The lowest BCUT2D eigenvalue weighted by Crippen LogP contribution is -2.31. The molecule has 1 aromatic carbocycles. The fourth-order valence-electron chi connectivity index (χ4n) is 3.02. The minimum Gasteiger partial charge on any atom is -0.456 e. The van der Waals surface area contributed by atoms with Gasteiger partial charge in [-0.15, -0.1) is 0 Å². The Kier molecular flexibility index (Phi) is 8.64. The maximum absolute atomic E-state index is 12.1. The topological polar surface area (TPSA) is 81.2 Å². The van der Waals surface area contributed by atoms with Crippen LogP contribution in [0.2, 0.25) is 0 Å². The van der Waals surface area contributed by atoms with E-state index in [2.05, 4.69) is 34.3 Å². The van der Waals surface area contributed by atoms with Gasteiger partial charge < -0.3 is 10.1 Å². The van der Waals surface area contributed by atoms with Crippen LogP contribution in [-0.4, -0.2) is 34.7 Å². The third kappa shape index (κ3) is 6.85. The highest BCUT2D eigenvalue weighted by Crippen LogP contribution is 2.17. The van der Waals surface area contributed by atoms with Gasteiger partial charge in [0, 0.05) is 17.8 Å². The molecule has 29 heavy (non-hydrogen) atoms. The summed E-state index contributed by atoms with van der Waals surface area (Å²) < 4.78 is 5.13. The first-order valence-electron chi connectivity index (χ1n) is 9.76. The Morgan fingerprint density at radius 2 is 1.76 bits per heavy atom. The van der Waals surface area contributed by atoms with E-state index in [1.165, 1.54) is 17.3 Å². The summed E-state index contributed by atoms with van der Waals surface area (Å²) in [6, 6.07) is 7.97. The van der Waals surface area contributed by atoms with Crippen molar-refractivity contribution in [3.63, 3.8) is 0 Å². The summed E-state index contributed by atoms with van der Waals surface area (Å²) in [5, 5.41) is 3.58. The van der Waals surface area contributed by atoms with E-state index in [0.717, 1.165) is 34.1 Å². The molecule has 1 N–H and O–H groups in total. The number of rotatable bonds is 9. The summed E-state index contributed by atoms with van der Waals surface area (Å²) in [5.74, 6) is -0.724. The van der Waals surface area contributed by atoms with Crippen molar-refractivity contribution in [2.75, 3.05) is 12.9 Å². The summed E-state index contributed by atoms with van der Waals surface area (Å²) >= 11 is 1.49. The predicted octanol–water partition coefficient (Wildman–Crippen LogP) is 3.73. The van der Waals surface area contributed by atoms with Gasteiger partial charge in [0.25, 0.3) is 5.91 Å². The molecule has 0 fully saturated rings. The number of carbonyl (C=O) groups excluding carboxylic acids is 2. The summed E-state index contributed by atoms with van der Waals surface area (Å²) in [6.07, 6.45) is 3.58. The first kappa shape index (κ1) is 22.9. The van der Waals surface area contributed by atoms with Gasteiger partial charge in [0.1, 0.15) is 0 Å². The summed E-state index contributed by atoms with van der Waals surface area (Å²) in [4.78, 5) is 33.0. The number of hydrogen-bond acceptors (Lipinski definition) is 6. The molecule has 0 spiro atoms. The lowest BCUT2D eigenvalue weighted by molar-refractivity contribution is -0.148. The molecule has 1 amide bonds. The highest BCUT2D eigenvalue weighted by atomic mass is 32.2. The minimum atomic E-state index is -0.409. The van der Waals surface area contributed by atoms with E-state index in [-0.39, 0.29) is 25.0 Å². The zero-order valence-electron chi connectivity index (χ0n) is 17.7. The third-order valence-electron chi connectivity index (χ3n) is 4.79. The molecule has 156 valence electrons. The van der Waals surface area contributed by atoms with Gasteiger partial charge in [0.15, 0.2) is 11.8 Å². The van der Waals surface area contributed by atoms with E-state index >= 15 is 0 Å². The van der Waals surface area contributed by atoms with Crippen LogP contribution in [-0.2, 0) is 27.2 Å². The smallest absolute Gasteiger partial charge is 0.306 e. The highest BCUT2D eigenvalue weighted by molar-refractivity contribution is 7.98. The van der Waals surface area contributed by atoms with Gasteiger partial charge in [-0.25, -0.2) is 9.97 Å². The standard InChI is InChI=1S/C22H29N3O3S/c1-6-17-7-9-18(10-8-17)14(2)23-20(26)13-28-21(27)12-11-19-15(3)24-22(29-5)25-16(19)4/h7-10,14H,6,11-13H2,1-5H3,(H,23,26). The zero-order chi connectivity index (χ0) is 21.4. The Bertz CT molecular complexity index is 830. The van der Waals surface area contributed by atoms with Crippen LogP contribution in [0.4, 0.5) is 0 Å². The second-order valence-corrected chi connectivity index (χ2v) is 7.68. The minimum absolute atomic E-state index is 0.149. The van der Waals surface area contributed by atoms with Crippen molar-refractivity contribution in [2.45, 2.75) is 58.2 Å². The fraction of sp³-hybridized carbons (Fsp3) is 0.455. The zero-order valence-corrected chi connectivity index (χ0v) is 18.6. The molecule has 0 saturated carbocycles. The van der Waals surface area contributed by atoms with Crippen LogP contribution in [0.15, 0.2) is 29.4 Å². The van der Waals surface area contributed by atoms with Crippen molar-refractivity contribution in [1.82, 2.24) is 15.3 Å². The molecular formula is C22H29N3O3S. The molecule has 1 heterocycles. The Morgan fingerprint density at radius 3 is 2.31 bits per heavy atom. The normalized spacial score (nSPS) is 11.8. The lowest BCUT2D eigenvalue weighted by atomic mass is 10.1. The Hall–Kier alpha value is -2.41. The van der Waals surface area contributed by atoms with Gasteiger partial charge in [-0.2, -0.15) is 0 Å². The molecule has 1 aromatic heterocycles. The number of aromatic nitrogens is 2. The number of benzene rings is 1. The molecular weight excluding hydrogens is 386 g/mol. The van der Waals surface area contributed by atoms with Gasteiger partial charge in [-0.1, -0.05) is 43.0 Å². The Morgan fingerprint density at radius 1 is 1.14 bits per heavy atom. The first-order chi connectivity index (χ1) is 13.8. The second-order valence-electron chi connectivity index (χ2n) is 6.90. The molecule has 1 unspecified atom stereocenters. The average molecular weight is 416 g/mol. The van der Waals surface area contributed by atoms with Gasteiger partial charge in [0.2, 0.25) is 0 Å². The molecule has 0 aliphatic carbocycles. The van der Waals surface area contributed by atoms with Crippen LogP contribution < -0.4 is 5.32 Å². The number of aryl methyl sites for hydroxylation is 3. The Balaban J connectivity index is 1.79. The van der Waals surface area contributed by atoms with E-state index in [1.807, 2.05) is 39.2 Å². The lowest BCUT2D eigenvalue weighted by Gasteiger charge is -2.15. The largest absolute Gasteiger partial charge is 0.456 e. The first-order valence-corrected chi connectivity index (χ1v) is 11.0. The van der Waals surface area contributed by atoms with E-state index in [4.69, 9.17) is 4.74 Å². The van der Waals surface area contributed by atoms with Crippen molar-refractivity contribution in [1.29, 1.82) is 0 Å². The number of nitrogens with one attached hydrogen (secondary N) is 1. The van der Waals surface area contributed by atoms with Gasteiger partial charge in [-0.05, 0) is 56.6 Å². The molecule has 0 saturated heterocycles. The molecule has 0 radical (unpaired) electrons. The molecule has 2 aromatic rings. The molecule has 0 aliphatic heterocycles. The number of ether oxygens (including phenoxy) is 1. The predicted molar refractivity (Wildman–Crippen MR) is 115 cm³/mol. The van der Waals surface area contributed by atoms with Crippen molar-refractivity contribution in [2.24, 2.45) is 0 Å². The van der Waals surface area contributed by atoms with Crippen molar-refractivity contribution in [3.8, 4) is 0 Å². The van der Waals surface area contributed by atoms with E-state index < -0.39 is 5.97 Å². The molecule has 2 rings (SSSR count). The number of esters is 1. The van der Waals surface area contributed by atoms with Gasteiger partial charge in [-0.3, -0.25) is 9.59 Å².